The maximum atomic E-state index is 12.7. The second-order valence-corrected chi connectivity index (χ2v) is 4.25. The number of carbonyl (C=O) groups is 2. The normalized spacial score (nSPS) is 16.9. The zero-order chi connectivity index (χ0) is 14.2. The molecule has 0 aliphatic carbocycles. The van der Waals surface area contributed by atoms with Crippen molar-refractivity contribution >= 4 is 23.2 Å². The van der Waals surface area contributed by atoms with Crippen molar-refractivity contribution in [3.63, 3.8) is 0 Å². The number of hydrogen-bond acceptors (Lipinski definition) is 3. The summed E-state index contributed by atoms with van der Waals surface area (Å²) in [5.41, 5.74) is 3.70. The molecule has 1 aliphatic rings. The van der Waals surface area contributed by atoms with E-state index in [0.29, 0.717) is 6.42 Å². The van der Waals surface area contributed by atoms with Crippen LogP contribution in [0.4, 0.5) is 24.5 Å². The molecular formula is C12H11F3N2O2. The van der Waals surface area contributed by atoms with Gasteiger partial charge in [0.05, 0.1) is 11.3 Å². The van der Waals surface area contributed by atoms with Crippen molar-refractivity contribution in [2.45, 2.75) is 25.4 Å². The number of amides is 2. The molecule has 1 aromatic carbocycles. The van der Waals surface area contributed by atoms with Gasteiger partial charge in [-0.05, 0) is 24.6 Å². The van der Waals surface area contributed by atoms with E-state index >= 15 is 0 Å². The molecular weight excluding hydrogens is 261 g/mol. The van der Waals surface area contributed by atoms with Crippen LogP contribution < -0.4 is 10.6 Å². The molecule has 1 heterocycles. The van der Waals surface area contributed by atoms with Crippen LogP contribution >= 0.6 is 0 Å². The fourth-order valence-electron chi connectivity index (χ4n) is 1.97. The highest BCUT2D eigenvalue weighted by atomic mass is 19.4. The predicted molar refractivity (Wildman–Crippen MR) is 62.2 cm³/mol. The summed E-state index contributed by atoms with van der Waals surface area (Å²) >= 11 is 0. The van der Waals surface area contributed by atoms with Crippen LogP contribution in [-0.4, -0.2) is 11.8 Å². The van der Waals surface area contributed by atoms with Gasteiger partial charge in [-0.2, -0.15) is 13.2 Å². The lowest BCUT2D eigenvalue weighted by molar-refractivity contribution is -0.137. The van der Waals surface area contributed by atoms with Crippen molar-refractivity contribution in [2.24, 2.45) is 0 Å². The summed E-state index contributed by atoms with van der Waals surface area (Å²) in [7, 11) is 0. The Morgan fingerprint density at radius 3 is 2.21 bits per heavy atom. The quantitative estimate of drug-likeness (QED) is 0.630. The Hall–Kier alpha value is -2.05. The zero-order valence-electron chi connectivity index (χ0n) is 9.83. The van der Waals surface area contributed by atoms with E-state index in [1.54, 1.807) is 0 Å². The third-order valence-corrected chi connectivity index (χ3v) is 2.88. The number of halogens is 3. The molecule has 0 atom stereocenters. The van der Waals surface area contributed by atoms with E-state index in [4.69, 9.17) is 5.73 Å². The van der Waals surface area contributed by atoms with Gasteiger partial charge in [0.15, 0.2) is 0 Å². The molecule has 1 aromatic rings. The van der Waals surface area contributed by atoms with Crippen molar-refractivity contribution in [1.29, 1.82) is 0 Å². The van der Waals surface area contributed by atoms with E-state index in [1.807, 2.05) is 0 Å². The SMILES string of the molecule is Nc1ccc(N2C(=O)CCCC2=O)cc1C(F)(F)F. The third kappa shape index (κ3) is 2.54. The van der Waals surface area contributed by atoms with Gasteiger partial charge in [0.25, 0.3) is 0 Å². The number of alkyl halides is 3. The number of hydrogen-bond donors (Lipinski definition) is 1. The molecule has 0 saturated carbocycles. The Bertz CT molecular complexity index is 524. The van der Waals surface area contributed by atoms with Gasteiger partial charge < -0.3 is 5.73 Å². The van der Waals surface area contributed by atoms with Crippen LogP contribution in [0.25, 0.3) is 0 Å². The molecule has 4 nitrogen and oxygen atoms in total. The summed E-state index contributed by atoms with van der Waals surface area (Å²) in [6.07, 6.45) is -3.90. The number of benzene rings is 1. The second-order valence-electron chi connectivity index (χ2n) is 4.25. The van der Waals surface area contributed by atoms with Gasteiger partial charge in [0.1, 0.15) is 0 Å². The van der Waals surface area contributed by atoms with Crippen LogP contribution in [0, 0.1) is 0 Å². The monoisotopic (exact) mass is 272 g/mol. The van der Waals surface area contributed by atoms with E-state index in [0.717, 1.165) is 17.0 Å². The van der Waals surface area contributed by atoms with Gasteiger partial charge in [-0.3, -0.25) is 14.5 Å². The number of rotatable bonds is 1. The first-order valence-corrected chi connectivity index (χ1v) is 5.63. The van der Waals surface area contributed by atoms with Gasteiger partial charge in [0.2, 0.25) is 11.8 Å². The predicted octanol–water partition coefficient (Wildman–Crippen LogP) is 2.33. The lowest BCUT2D eigenvalue weighted by atomic mass is 10.1. The molecule has 1 aliphatic heterocycles. The number of imide groups is 1. The minimum Gasteiger partial charge on any atom is -0.398 e. The Labute approximate surface area is 107 Å². The zero-order valence-corrected chi connectivity index (χ0v) is 9.83. The number of nitrogens with two attached hydrogens (primary N) is 1. The number of carbonyl (C=O) groups excluding carboxylic acids is 2. The minimum absolute atomic E-state index is 0.0868. The highest BCUT2D eigenvalue weighted by Gasteiger charge is 2.35. The van der Waals surface area contributed by atoms with Crippen molar-refractivity contribution in [3.05, 3.63) is 23.8 Å². The molecule has 1 fully saturated rings. The van der Waals surface area contributed by atoms with Crippen molar-refractivity contribution in [3.8, 4) is 0 Å². The molecule has 2 N–H and O–H groups in total. The van der Waals surface area contributed by atoms with Crippen LogP contribution in [0.3, 0.4) is 0 Å². The van der Waals surface area contributed by atoms with Crippen LogP contribution in [0.15, 0.2) is 18.2 Å². The average Bonchev–Trinajstić information content (AvgIpc) is 2.29. The lowest BCUT2D eigenvalue weighted by Crippen LogP contribution is -2.40. The average molecular weight is 272 g/mol. The van der Waals surface area contributed by atoms with E-state index in [-0.39, 0.29) is 18.5 Å². The van der Waals surface area contributed by atoms with Crippen LogP contribution in [0.2, 0.25) is 0 Å². The second kappa shape index (κ2) is 4.56. The Kier molecular flexibility index (Phi) is 3.21. The highest BCUT2D eigenvalue weighted by Crippen LogP contribution is 2.36. The van der Waals surface area contributed by atoms with Gasteiger partial charge in [-0.1, -0.05) is 0 Å². The minimum atomic E-state index is -4.62. The summed E-state index contributed by atoms with van der Waals surface area (Å²) in [6.45, 7) is 0. The molecule has 0 spiro atoms. The summed E-state index contributed by atoms with van der Waals surface area (Å²) in [5.74, 6) is -0.983. The van der Waals surface area contributed by atoms with E-state index in [1.165, 1.54) is 6.07 Å². The summed E-state index contributed by atoms with van der Waals surface area (Å²) in [6, 6.07) is 3.02. The van der Waals surface area contributed by atoms with E-state index in [9.17, 15) is 22.8 Å². The summed E-state index contributed by atoms with van der Waals surface area (Å²) in [5, 5.41) is 0. The van der Waals surface area contributed by atoms with Crippen LogP contribution in [0.5, 0.6) is 0 Å². The lowest BCUT2D eigenvalue weighted by Gasteiger charge is -2.25. The Morgan fingerprint density at radius 2 is 1.68 bits per heavy atom. The number of nitrogens with zero attached hydrogens (tertiary/aromatic N) is 1. The molecule has 2 amide bonds. The van der Waals surface area contributed by atoms with Crippen LogP contribution in [0.1, 0.15) is 24.8 Å². The summed E-state index contributed by atoms with van der Waals surface area (Å²) < 4.78 is 38.2. The number of nitrogen functional groups attached to an aromatic ring is 1. The largest absolute Gasteiger partial charge is 0.418 e. The van der Waals surface area contributed by atoms with Gasteiger partial charge in [0, 0.05) is 18.5 Å². The molecule has 0 radical (unpaired) electrons. The summed E-state index contributed by atoms with van der Waals surface area (Å²) in [4.78, 5) is 24.1. The van der Waals surface area contributed by atoms with Gasteiger partial charge in [-0.25, -0.2) is 0 Å². The molecule has 1 saturated heterocycles. The Morgan fingerprint density at radius 1 is 1.11 bits per heavy atom. The first kappa shape index (κ1) is 13.4. The first-order chi connectivity index (χ1) is 8.80. The topological polar surface area (TPSA) is 63.4 Å². The number of piperidine rings is 1. The van der Waals surface area contributed by atoms with Crippen molar-refractivity contribution < 1.29 is 22.8 Å². The van der Waals surface area contributed by atoms with Gasteiger partial charge in [-0.15, -0.1) is 0 Å². The highest BCUT2D eigenvalue weighted by molar-refractivity contribution is 6.16. The van der Waals surface area contributed by atoms with Crippen molar-refractivity contribution in [1.82, 2.24) is 0 Å². The molecule has 2 rings (SSSR count). The Balaban J connectivity index is 2.46. The first-order valence-electron chi connectivity index (χ1n) is 5.63. The third-order valence-electron chi connectivity index (χ3n) is 2.88. The van der Waals surface area contributed by atoms with E-state index in [2.05, 4.69) is 0 Å². The van der Waals surface area contributed by atoms with Gasteiger partial charge >= 0.3 is 6.18 Å². The van der Waals surface area contributed by atoms with Crippen LogP contribution in [-0.2, 0) is 15.8 Å². The number of anilines is 2. The fraction of sp³-hybridized carbons (Fsp3) is 0.333. The molecule has 7 heteroatoms. The standard InChI is InChI=1S/C12H11F3N2O2/c13-12(14,15)8-6-7(4-5-9(8)16)17-10(18)2-1-3-11(17)19/h4-6H,1-3,16H2. The molecule has 102 valence electrons. The smallest absolute Gasteiger partial charge is 0.398 e. The molecule has 19 heavy (non-hydrogen) atoms. The maximum Gasteiger partial charge on any atom is 0.418 e. The van der Waals surface area contributed by atoms with Crippen molar-refractivity contribution in [2.75, 3.05) is 10.6 Å². The maximum absolute atomic E-state index is 12.7. The fourth-order valence-corrected chi connectivity index (χ4v) is 1.97. The molecule has 0 aromatic heterocycles. The molecule has 0 unspecified atom stereocenters. The van der Waals surface area contributed by atoms with E-state index < -0.39 is 29.2 Å². The molecule has 0 bridgehead atoms.